The van der Waals surface area contributed by atoms with Gasteiger partial charge in [-0.15, -0.1) is 0 Å². The fraction of sp³-hybridized carbons (Fsp3) is 0.421. The molecule has 0 bridgehead atoms. The number of aromatic nitrogens is 3. The molecule has 9 heteroatoms. The second kappa shape index (κ2) is 9.62. The summed E-state index contributed by atoms with van der Waals surface area (Å²) in [5.74, 6) is 0.685. The molecule has 0 radical (unpaired) electrons. The van der Waals surface area contributed by atoms with Gasteiger partial charge in [0.2, 0.25) is 0 Å². The lowest BCUT2D eigenvalue weighted by molar-refractivity contribution is 0.100. The van der Waals surface area contributed by atoms with Gasteiger partial charge >= 0.3 is 0 Å². The molecular weight excluding hydrogens is 356 g/mol. The molecule has 0 spiro atoms. The average Bonchev–Trinajstić information content (AvgIpc) is 2.73. The van der Waals surface area contributed by atoms with Crippen molar-refractivity contribution in [1.82, 2.24) is 20.3 Å². The molecule has 1 saturated heterocycles. The summed E-state index contributed by atoms with van der Waals surface area (Å²) in [5, 5.41) is 18.6. The number of carbonyl (C=O) groups excluding carboxylic acids is 1. The number of pyridine rings is 1. The number of amides is 1. The number of primary amides is 1. The zero-order valence-corrected chi connectivity index (χ0v) is 15.6. The first kappa shape index (κ1) is 19.5. The Balaban J connectivity index is 1.59. The van der Waals surface area contributed by atoms with Crippen LogP contribution in [-0.4, -0.2) is 47.0 Å². The van der Waals surface area contributed by atoms with Crippen LogP contribution in [0.4, 0.5) is 11.5 Å². The van der Waals surface area contributed by atoms with Crippen LogP contribution in [0.1, 0.15) is 34.6 Å². The Morgan fingerprint density at radius 3 is 2.71 bits per heavy atom. The fourth-order valence-corrected chi connectivity index (χ4v) is 3.11. The number of hydrogen-bond donors (Lipinski definition) is 4. The number of hydrogen-bond acceptors (Lipinski definition) is 8. The zero-order chi connectivity index (χ0) is 19.8. The first-order chi connectivity index (χ1) is 13.7. The summed E-state index contributed by atoms with van der Waals surface area (Å²) >= 11 is 0. The van der Waals surface area contributed by atoms with Crippen molar-refractivity contribution in [2.75, 3.05) is 36.8 Å². The van der Waals surface area contributed by atoms with Crippen molar-refractivity contribution in [2.45, 2.75) is 19.3 Å². The number of nitrogens with two attached hydrogens (primary N) is 1. The van der Waals surface area contributed by atoms with Gasteiger partial charge in [0.1, 0.15) is 11.9 Å². The van der Waals surface area contributed by atoms with Crippen molar-refractivity contribution in [1.29, 1.82) is 5.26 Å². The van der Waals surface area contributed by atoms with E-state index in [0.29, 0.717) is 30.3 Å². The summed E-state index contributed by atoms with van der Waals surface area (Å²) in [6.45, 7) is 3.46. The van der Waals surface area contributed by atoms with E-state index in [1.807, 2.05) is 12.1 Å². The number of nitrogens with zero attached hydrogens (tertiary/aromatic N) is 4. The van der Waals surface area contributed by atoms with Crippen molar-refractivity contribution >= 4 is 17.4 Å². The second-order valence-corrected chi connectivity index (χ2v) is 6.74. The molecule has 0 aliphatic carbocycles. The lowest BCUT2D eigenvalue weighted by Gasteiger charge is -2.23. The molecule has 28 heavy (non-hydrogen) atoms. The Hall–Kier alpha value is -3.25. The molecule has 2 aromatic rings. The van der Waals surface area contributed by atoms with Gasteiger partial charge in [-0.3, -0.25) is 9.78 Å². The van der Waals surface area contributed by atoms with E-state index < -0.39 is 5.91 Å². The zero-order valence-electron chi connectivity index (χ0n) is 15.6. The third kappa shape index (κ3) is 5.37. The summed E-state index contributed by atoms with van der Waals surface area (Å²) in [7, 11) is 0. The Morgan fingerprint density at radius 2 is 2.04 bits per heavy atom. The highest BCUT2D eigenvalue weighted by Crippen LogP contribution is 2.19. The minimum Gasteiger partial charge on any atom is -0.384 e. The number of nitriles is 1. The molecule has 9 nitrogen and oxygen atoms in total. The van der Waals surface area contributed by atoms with Crippen LogP contribution in [0.25, 0.3) is 0 Å². The van der Waals surface area contributed by atoms with Crippen LogP contribution < -0.4 is 21.7 Å². The highest BCUT2D eigenvalue weighted by molar-refractivity contribution is 5.98. The van der Waals surface area contributed by atoms with Gasteiger partial charge in [0.05, 0.1) is 23.6 Å². The number of carbonyl (C=O) groups is 1. The van der Waals surface area contributed by atoms with Crippen molar-refractivity contribution in [2.24, 2.45) is 11.7 Å². The van der Waals surface area contributed by atoms with Gasteiger partial charge in [0.25, 0.3) is 5.91 Å². The summed E-state index contributed by atoms with van der Waals surface area (Å²) < 4.78 is 0. The van der Waals surface area contributed by atoms with Crippen molar-refractivity contribution < 1.29 is 4.79 Å². The normalized spacial score (nSPS) is 14.2. The quantitative estimate of drug-likeness (QED) is 0.529. The predicted molar refractivity (Wildman–Crippen MR) is 106 cm³/mol. The molecular formula is C19H24N8O. The van der Waals surface area contributed by atoms with Gasteiger partial charge in [-0.1, -0.05) is 0 Å². The van der Waals surface area contributed by atoms with E-state index in [1.165, 1.54) is 18.6 Å². The van der Waals surface area contributed by atoms with E-state index >= 15 is 0 Å². The molecule has 0 saturated carbocycles. The Bertz CT molecular complexity index is 840. The van der Waals surface area contributed by atoms with Crippen LogP contribution in [-0.2, 0) is 6.42 Å². The van der Waals surface area contributed by atoms with Crippen LogP contribution in [0.3, 0.4) is 0 Å². The molecule has 0 atom stereocenters. The molecule has 1 aliphatic heterocycles. The number of anilines is 2. The Labute approximate surface area is 163 Å². The monoisotopic (exact) mass is 380 g/mol. The predicted octanol–water partition coefficient (Wildman–Crippen LogP) is 0.908. The first-order valence-electron chi connectivity index (χ1n) is 9.35. The molecule has 1 fully saturated rings. The maximum absolute atomic E-state index is 11.7. The van der Waals surface area contributed by atoms with Gasteiger partial charge in [-0.2, -0.15) is 5.26 Å². The highest BCUT2D eigenvalue weighted by Gasteiger charge is 2.15. The van der Waals surface area contributed by atoms with E-state index in [1.54, 1.807) is 0 Å². The van der Waals surface area contributed by atoms with E-state index in [-0.39, 0.29) is 5.69 Å². The van der Waals surface area contributed by atoms with E-state index in [9.17, 15) is 4.79 Å². The van der Waals surface area contributed by atoms with E-state index in [2.05, 4.69) is 30.9 Å². The number of nitrogens with one attached hydrogen (secondary N) is 3. The first-order valence-corrected chi connectivity index (χ1v) is 9.35. The average molecular weight is 380 g/mol. The summed E-state index contributed by atoms with van der Waals surface area (Å²) in [4.78, 5) is 24.2. The minimum atomic E-state index is -0.488. The largest absolute Gasteiger partial charge is 0.384 e. The molecule has 146 valence electrons. The maximum Gasteiger partial charge on any atom is 0.252 e. The lowest BCUT2D eigenvalue weighted by Crippen LogP contribution is -2.31. The van der Waals surface area contributed by atoms with Crippen molar-refractivity contribution in [3.8, 4) is 6.07 Å². The molecule has 2 aromatic heterocycles. The molecule has 3 heterocycles. The van der Waals surface area contributed by atoms with Crippen LogP contribution >= 0.6 is 0 Å². The van der Waals surface area contributed by atoms with Crippen LogP contribution in [0.5, 0.6) is 0 Å². The third-order valence-corrected chi connectivity index (χ3v) is 4.72. The van der Waals surface area contributed by atoms with E-state index in [0.717, 1.165) is 43.9 Å². The Kier molecular flexibility index (Phi) is 6.70. The van der Waals surface area contributed by atoms with Crippen molar-refractivity contribution in [3.63, 3.8) is 0 Å². The smallest absolute Gasteiger partial charge is 0.252 e. The molecule has 0 aromatic carbocycles. The van der Waals surface area contributed by atoms with Gasteiger partial charge in [-0.25, -0.2) is 9.97 Å². The second-order valence-electron chi connectivity index (χ2n) is 6.74. The summed E-state index contributed by atoms with van der Waals surface area (Å²) in [6, 6.07) is 3.81. The van der Waals surface area contributed by atoms with Gasteiger partial charge < -0.3 is 21.7 Å². The maximum atomic E-state index is 11.7. The topological polar surface area (TPSA) is 142 Å². The standard InChI is InChI=1S/C19H24N8O/c20-8-15-10-27-18(12-25-15)23-6-3-14-7-17(16(11-24-14)19(21)28)26-9-13-1-4-22-5-2-13/h7,10-13,22H,1-6,9H2,(H2,21,28)(H,23,27)(H,24,26). The van der Waals surface area contributed by atoms with Crippen molar-refractivity contribution in [3.05, 3.63) is 41.6 Å². The molecule has 3 rings (SSSR count). The van der Waals surface area contributed by atoms with Crippen LogP contribution in [0.2, 0.25) is 0 Å². The van der Waals surface area contributed by atoms with Gasteiger partial charge in [-0.05, 0) is 37.9 Å². The molecule has 1 amide bonds. The molecule has 1 aliphatic rings. The van der Waals surface area contributed by atoms with Crippen LogP contribution in [0.15, 0.2) is 24.7 Å². The molecule has 0 unspecified atom stereocenters. The lowest BCUT2D eigenvalue weighted by atomic mass is 9.98. The highest BCUT2D eigenvalue weighted by atomic mass is 16.1. The van der Waals surface area contributed by atoms with E-state index in [4.69, 9.17) is 11.0 Å². The SMILES string of the molecule is N#Cc1cnc(NCCc2cc(NCC3CCNCC3)c(C(N)=O)cn2)cn1. The third-order valence-electron chi connectivity index (χ3n) is 4.72. The van der Waals surface area contributed by atoms with Crippen LogP contribution in [0, 0.1) is 17.2 Å². The van der Waals surface area contributed by atoms with Gasteiger partial charge in [0.15, 0.2) is 5.69 Å². The minimum absolute atomic E-state index is 0.277. The fourth-order valence-electron chi connectivity index (χ4n) is 3.11. The Morgan fingerprint density at radius 1 is 1.21 bits per heavy atom. The van der Waals surface area contributed by atoms with Gasteiger partial charge in [0, 0.05) is 31.4 Å². The number of rotatable bonds is 8. The summed E-state index contributed by atoms with van der Waals surface area (Å²) in [6.07, 6.45) is 7.35. The summed E-state index contributed by atoms with van der Waals surface area (Å²) in [5.41, 5.74) is 7.75. The molecule has 5 N–H and O–H groups in total. The number of piperidine rings is 1.